The number of hydrogen-bond donors (Lipinski definition) is 1. The zero-order chi connectivity index (χ0) is 10.8. The van der Waals surface area contributed by atoms with Crippen LogP contribution in [0.3, 0.4) is 0 Å². The SMILES string of the molecule is O=C(O)Cc1ccc2cc(F)ccc2n1. The van der Waals surface area contributed by atoms with Gasteiger partial charge < -0.3 is 5.11 Å². The fraction of sp³-hybridized carbons (Fsp3) is 0.0909. The summed E-state index contributed by atoms with van der Waals surface area (Å²) in [6.07, 6.45) is -0.118. The van der Waals surface area contributed by atoms with Crippen LogP contribution >= 0.6 is 0 Å². The number of hydrogen-bond acceptors (Lipinski definition) is 2. The highest BCUT2D eigenvalue weighted by Crippen LogP contribution is 2.14. The average Bonchev–Trinajstić information content (AvgIpc) is 2.17. The second-order valence-corrected chi connectivity index (χ2v) is 3.21. The Hall–Kier alpha value is -1.97. The largest absolute Gasteiger partial charge is 0.481 e. The molecule has 0 saturated carbocycles. The van der Waals surface area contributed by atoms with E-state index in [0.29, 0.717) is 16.6 Å². The standard InChI is InChI=1S/C11H8FNO2/c12-8-2-4-10-7(5-8)1-3-9(13-10)6-11(14)15/h1-5H,6H2,(H,14,15). The molecule has 1 aromatic heterocycles. The first kappa shape index (κ1) is 9.58. The molecule has 15 heavy (non-hydrogen) atoms. The number of carboxylic acids is 1. The van der Waals surface area contributed by atoms with Crippen molar-refractivity contribution in [2.75, 3.05) is 0 Å². The molecule has 2 rings (SSSR count). The maximum atomic E-state index is 12.8. The third kappa shape index (κ3) is 2.10. The van der Waals surface area contributed by atoms with Crippen LogP contribution in [-0.2, 0) is 11.2 Å². The molecule has 3 nitrogen and oxygen atoms in total. The number of pyridine rings is 1. The molecule has 0 aliphatic carbocycles. The van der Waals surface area contributed by atoms with Gasteiger partial charge in [0.25, 0.3) is 0 Å². The van der Waals surface area contributed by atoms with Gasteiger partial charge in [0, 0.05) is 5.39 Å². The van der Waals surface area contributed by atoms with Gasteiger partial charge in [-0.3, -0.25) is 9.78 Å². The highest BCUT2D eigenvalue weighted by Gasteiger charge is 2.03. The van der Waals surface area contributed by atoms with Gasteiger partial charge in [0.05, 0.1) is 17.6 Å². The van der Waals surface area contributed by atoms with Gasteiger partial charge in [0.1, 0.15) is 5.82 Å². The molecule has 0 fully saturated rings. The summed E-state index contributed by atoms with van der Waals surface area (Å²) in [7, 11) is 0. The first-order chi connectivity index (χ1) is 7.15. The van der Waals surface area contributed by atoms with Gasteiger partial charge >= 0.3 is 5.97 Å². The molecular formula is C11H8FNO2. The fourth-order valence-corrected chi connectivity index (χ4v) is 1.39. The van der Waals surface area contributed by atoms with E-state index in [-0.39, 0.29) is 12.2 Å². The van der Waals surface area contributed by atoms with Crippen molar-refractivity contribution in [3.8, 4) is 0 Å². The third-order valence-corrected chi connectivity index (χ3v) is 2.04. The number of rotatable bonds is 2. The summed E-state index contributed by atoms with van der Waals surface area (Å²) in [6, 6.07) is 7.47. The molecule has 0 spiro atoms. The Kier molecular flexibility index (Phi) is 2.33. The first-order valence-corrected chi connectivity index (χ1v) is 4.42. The lowest BCUT2D eigenvalue weighted by atomic mass is 10.2. The second kappa shape index (κ2) is 3.65. The van der Waals surface area contributed by atoms with Crippen molar-refractivity contribution in [1.29, 1.82) is 0 Å². The molecule has 0 atom stereocenters. The normalized spacial score (nSPS) is 10.5. The first-order valence-electron chi connectivity index (χ1n) is 4.42. The smallest absolute Gasteiger partial charge is 0.309 e. The third-order valence-electron chi connectivity index (χ3n) is 2.04. The molecule has 0 bridgehead atoms. The summed E-state index contributed by atoms with van der Waals surface area (Å²) in [5, 5.41) is 9.25. The van der Waals surface area contributed by atoms with Crippen molar-refractivity contribution in [2.45, 2.75) is 6.42 Å². The summed E-state index contributed by atoms with van der Waals surface area (Å²) in [4.78, 5) is 14.6. The van der Waals surface area contributed by atoms with Crippen molar-refractivity contribution in [1.82, 2.24) is 4.98 Å². The molecule has 1 aromatic carbocycles. The van der Waals surface area contributed by atoms with Gasteiger partial charge in [-0.1, -0.05) is 6.07 Å². The molecule has 0 unspecified atom stereocenters. The van der Waals surface area contributed by atoms with Crippen molar-refractivity contribution in [2.24, 2.45) is 0 Å². The maximum Gasteiger partial charge on any atom is 0.309 e. The Morgan fingerprint density at radius 1 is 1.33 bits per heavy atom. The van der Waals surface area contributed by atoms with E-state index >= 15 is 0 Å². The van der Waals surface area contributed by atoms with E-state index in [1.165, 1.54) is 18.2 Å². The van der Waals surface area contributed by atoms with Gasteiger partial charge in [-0.25, -0.2) is 4.39 Å². The van der Waals surface area contributed by atoms with Crippen LogP contribution in [0, 0.1) is 5.82 Å². The molecule has 0 amide bonds. The van der Waals surface area contributed by atoms with E-state index in [9.17, 15) is 9.18 Å². The number of aliphatic carboxylic acids is 1. The van der Waals surface area contributed by atoms with Gasteiger partial charge in [0.2, 0.25) is 0 Å². The van der Waals surface area contributed by atoms with Crippen LogP contribution in [0.15, 0.2) is 30.3 Å². The van der Waals surface area contributed by atoms with E-state index in [2.05, 4.69) is 4.98 Å². The second-order valence-electron chi connectivity index (χ2n) is 3.21. The summed E-state index contributed by atoms with van der Waals surface area (Å²) < 4.78 is 12.8. The van der Waals surface area contributed by atoms with Crippen LogP contribution < -0.4 is 0 Å². The predicted molar refractivity (Wildman–Crippen MR) is 53.0 cm³/mol. The minimum atomic E-state index is -0.927. The van der Waals surface area contributed by atoms with E-state index in [1.807, 2.05) is 0 Å². The van der Waals surface area contributed by atoms with E-state index in [4.69, 9.17) is 5.11 Å². The van der Waals surface area contributed by atoms with Crippen LogP contribution in [0.1, 0.15) is 5.69 Å². The van der Waals surface area contributed by atoms with E-state index in [0.717, 1.165) is 0 Å². The Morgan fingerprint density at radius 3 is 2.87 bits per heavy atom. The maximum absolute atomic E-state index is 12.8. The molecule has 76 valence electrons. The number of carboxylic acid groups (broad SMARTS) is 1. The Balaban J connectivity index is 2.47. The molecule has 1 heterocycles. The summed E-state index contributed by atoms with van der Waals surface area (Å²) in [5.74, 6) is -1.25. The molecule has 1 N–H and O–H groups in total. The van der Waals surface area contributed by atoms with Gasteiger partial charge in [-0.05, 0) is 24.3 Å². The molecule has 0 saturated heterocycles. The number of carbonyl (C=O) groups is 1. The number of aromatic nitrogens is 1. The lowest BCUT2D eigenvalue weighted by Gasteiger charge is -2.00. The van der Waals surface area contributed by atoms with Crippen LogP contribution in [0.5, 0.6) is 0 Å². The minimum absolute atomic E-state index is 0.118. The van der Waals surface area contributed by atoms with Gasteiger partial charge in [-0.15, -0.1) is 0 Å². The Bertz CT molecular complexity index is 525. The van der Waals surface area contributed by atoms with Gasteiger partial charge in [-0.2, -0.15) is 0 Å². The number of halogens is 1. The van der Waals surface area contributed by atoms with E-state index in [1.54, 1.807) is 12.1 Å². The number of fused-ring (bicyclic) bond motifs is 1. The average molecular weight is 205 g/mol. The highest BCUT2D eigenvalue weighted by molar-refractivity contribution is 5.79. The molecule has 2 aromatic rings. The van der Waals surface area contributed by atoms with Crippen LogP contribution in [0.2, 0.25) is 0 Å². The van der Waals surface area contributed by atoms with Crippen molar-refractivity contribution in [3.05, 3.63) is 41.8 Å². The number of nitrogens with zero attached hydrogens (tertiary/aromatic N) is 1. The summed E-state index contributed by atoms with van der Waals surface area (Å²) >= 11 is 0. The zero-order valence-electron chi connectivity index (χ0n) is 7.77. The predicted octanol–water partition coefficient (Wildman–Crippen LogP) is 2.00. The van der Waals surface area contributed by atoms with Gasteiger partial charge in [0.15, 0.2) is 0 Å². The molecule has 0 aliphatic rings. The molecule has 0 aliphatic heterocycles. The zero-order valence-corrected chi connectivity index (χ0v) is 7.77. The number of benzene rings is 1. The molecule has 4 heteroatoms. The summed E-state index contributed by atoms with van der Waals surface area (Å²) in [6.45, 7) is 0. The Labute approximate surface area is 85.2 Å². The minimum Gasteiger partial charge on any atom is -0.481 e. The van der Waals surface area contributed by atoms with Crippen molar-refractivity contribution >= 4 is 16.9 Å². The lowest BCUT2D eigenvalue weighted by Crippen LogP contribution is -2.02. The van der Waals surface area contributed by atoms with Crippen molar-refractivity contribution in [3.63, 3.8) is 0 Å². The van der Waals surface area contributed by atoms with Crippen molar-refractivity contribution < 1.29 is 14.3 Å². The lowest BCUT2D eigenvalue weighted by molar-refractivity contribution is -0.136. The quantitative estimate of drug-likeness (QED) is 0.815. The van der Waals surface area contributed by atoms with Crippen LogP contribution in [-0.4, -0.2) is 16.1 Å². The van der Waals surface area contributed by atoms with E-state index < -0.39 is 5.97 Å². The topological polar surface area (TPSA) is 50.2 Å². The molecular weight excluding hydrogens is 197 g/mol. The Morgan fingerprint density at radius 2 is 2.13 bits per heavy atom. The summed E-state index contributed by atoms with van der Waals surface area (Å²) in [5.41, 5.74) is 1.08. The molecule has 0 radical (unpaired) electrons. The van der Waals surface area contributed by atoms with Crippen LogP contribution in [0.25, 0.3) is 10.9 Å². The highest BCUT2D eigenvalue weighted by atomic mass is 19.1. The fourth-order valence-electron chi connectivity index (χ4n) is 1.39. The van der Waals surface area contributed by atoms with Crippen LogP contribution in [0.4, 0.5) is 4.39 Å². The monoisotopic (exact) mass is 205 g/mol.